The molecule has 2 rings (SSSR count). The van der Waals surface area contributed by atoms with E-state index in [4.69, 9.17) is 0 Å². The fourth-order valence-corrected chi connectivity index (χ4v) is 3.42. The van der Waals surface area contributed by atoms with E-state index < -0.39 is 4.92 Å². The van der Waals surface area contributed by atoms with E-state index in [0.717, 1.165) is 29.9 Å². The van der Waals surface area contributed by atoms with Crippen LogP contribution in [0.3, 0.4) is 0 Å². The van der Waals surface area contributed by atoms with Gasteiger partial charge in [-0.3, -0.25) is 19.7 Å². The van der Waals surface area contributed by atoms with Crippen LogP contribution in [0.25, 0.3) is 0 Å². The lowest BCUT2D eigenvalue weighted by Gasteiger charge is -2.25. The van der Waals surface area contributed by atoms with Crippen LogP contribution in [0, 0.1) is 24.0 Å². The molecular formula is C23H31ClN4O4. The topological polar surface area (TPSA) is 97.0 Å². The highest BCUT2D eigenvalue weighted by Gasteiger charge is 2.22. The first-order chi connectivity index (χ1) is 14.8. The molecule has 0 saturated carbocycles. The van der Waals surface area contributed by atoms with Gasteiger partial charge in [0.1, 0.15) is 6.54 Å². The second-order valence-electron chi connectivity index (χ2n) is 7.55. The number of benzene rings is 2. The molecule has 2 aromatic rings. The molecule has 0 aromatic heterocycles. The maximum absolute atomic E-state index is 13.1. The zero-order valence-electron chi connectivity index (χ0n) is 19.0. The quantitative estimate of drug-likeness (QED) is 0.357. The third-order valence-corrected chi connectivity index (χ3v) is 5.43. The van der Waals surface area contributed by atoms with Gasteiger partial charge in [-0.15, -0.1) is 0 Å². The highest BCUT2D eigenvalue weighted by atomic mass is 35.5. The number of likely N-dealkylation sites (N-methyl/N-ethyl adjacent to an activating group) is 1. The molecule has 0 radical (unpaired) electrons. The number of nitro benzene ring substituents is 1. The Morgan fingerprint density at radius 3 is 2.09 bits per heavy atom. The molecule has 0 spiro atoms. The number of hydrogen-bond donors (Lipinski definition) is 2. The summed E-state index contributed by atoms with van der Waals surface area (Å²) < 4.78 is 0. The van der Waals surface area contributed by atoms with Crippen molar-refractivity contribution in [3.05, 3.63) is 69.3 Å². The molecule has 0 saturated heterocycles. The number of nitrogens with zero attached hydrogens (tertiary/aromatic N) is 2. The van der Waals surface area contributed by atoms with Gasteiger partial charge in [-0.05, 0) is 51.0 Å². The number of quaternary nitrogens is 1. The zero-order chi connectivity index (χ0) is 23.0. The minimum Gasteiger partial charge on any atom is -1.00 e. The summed E-state index contributed by atoms with van der Waals surface area (Å²) in [6, 6.07) is 11.2. The summed E-state index contributed by atoms with van der Waals surface area (Å²) >= 11 is 0. The Morgan fingerprint density at radius 1 is 1.03 bits per heavy atom. The minimum absolute atomic E-state index is 0. The molecule has 9 heteroatoms. The van der Waals surface area contributed by atoms with E-state index in [1.54, 1.807) is 0 Å². The Hall–Kier alpha value is -2.97. The van der Waals surface area contributed by atoms with Crippen LogP contribution < -0.4 is 22.6 Å². The van der Waals surface area contributed by atoms with Crippen molar-refractivity contribution in [2.75, 3.05) is 38.0 Å². The number of hydrogen-bond acceptors (Lipinski definition) is 4. The van der Waals surface area contributed by atoms with Crippen LogP contribution in [-0.4, -0.2) is 54.4 Å². The number of carbonyl (C=O) groups is 2. The fraction of sp³-hybridized carbons (Fsp3) is 0.391. The van der Waals surface area contributed by atoms with Crippen molar-refractivity contribution >= 4 is 23.2 Å². The van der Waals surface area contributed by atoms with Gasteiger partial charge < -0.3 is 27.5 Å². The molecular weight excluding hydrogens is 432 g/mol. The van der Waals surface area contributed by atoms with Gasteiger partial charge >= 0.3 is 0 Å². The Morgan fingerprint density at radius 2 is 1.59 bits per heavy atom. The van der Waals surface area contributed by atoms with Crippen molar-refractivity contribution in [3.63, 3.8) is 0 Å². The molecule has 0 fully saturated rings. The molecule has 0 aliphatic heterocycles. The van der Waals surface area contributed by atoms with Crippen LogP contribution in [-0.2, 0) is 4.79 Å². The number of nitro groups is 1. The predicted molar refractivity (Wildman–Crippen MR) is 120 cm³/mol. The lowest BCUT2D eigenvalue weighted by molar-refractivity contribution is -0.895. The number of non-ortho nitro benzene ring substituents is 1. The average Bonchev–Trinajstić information content (AvgIpc) is 2.75. The number of halogens is 1. The zero-order valence-corrected chi connectivity index (χ0v) is 19.7. The monoisotopic (exact) mass is 462 g/mol. The maximum Gasteiger partial charge on any atom is 0.269 e. The number of anilines is 1. The van der Waals surface area contributed by atoms with Crippen molar-refractivity contribution in [2.24, 2.45) is 0 Å². The van der Waals surface area contributed by atoms with Crippen LogP contribution in [0.4, 0.5) is 11.4 Å². The summed E-state index contributed by atoms with van der Waals surface area (Å²) in [5, 5.41) is 13.8. The first-order valence-electron chi connectivity index (χ1n) is 10.5. The Balaban J connectivity index is 0.00000512. The number of amides is 2. The molecule has 2 amide bonds. The minimum atomic E-state index is -0.506. The fourth-order valence-electron chi connectivity index (χ4n) is 3.42. The summed E-state index contributed by atoms with van der Waals surface area (Å²) in [5.74, 6) is -0.597. The van der Waals surface area contributed by atoms with Crippen LogP contribution in [0.2, 0.25) is 0 Å². The molecule has 174 valence electrons. The summed E-state index contributed by atoms with van der Waals surface area (Å²) in [5.41, 5.74) is 2.90. The van der Waals surface area contributed by atoms with Crippen molar-refractivity contribution in [1.29, 1.82) is 0 Å². The molecule has 2 aromatic carbocycles. The van der Waals surface area contributed by atoms with Crippen LogP contribution in [0.5, 0.6) is 0 Å². The van der Waals surface area contributed by atoms with E-state index in [-0.39, 0.29) is 36.5 Å². The van der Waals surface area contributed by atoms with E-state index in [9.17, 15) is 19.7 Å². The third kappa shape index (κ3) is 7.32. The summed E-state index contributed by atoms with van der Waals surface area (Å²) in [4.78, 5) is 39.1. The third-order valence-electron chi connectivity index (χ3n) is 5.43. The second kappa shape index (κ2) is 12.8. The summed E-state index contributed by atoms with van der Waals surface area (Å²) in [7, 11) is 0. The van der Waals surface area contributed by atoms with Gasteiger partial charge in [0.15, 0.2) is 0 Å². The van der Waals surface area contributed by atoms with Crippen LogP contribution in [0.15, 0.2) is 42.5 Å². The van der Waals surface area contributed by atoms with Gasteiger partial charge in [-0.1, -0.05) is 18.2 Å². The lowest BCUT2D eigenvalue weighted by atomic mass is 10.1. The first-order valence-corrected chi connectivity index (χ1v) is 10.5. The Kier molecular flexibility index (Phi) is 10.8. The average molecular weight is 463 g/mol. The molecule has 0 unspecified atom stereocenters. The molecule has 0 atom stereocenters. The first kappa shape index (κ1) is 27.1. The van der Waals surface area contributed by atoms with Crippen molar-refractivity contribution in [1.82, 2.24) is 4.90 Å². The highest BCUT2D eigenvalue weighted by molar-refractivity contribution is 6.00. The predicted octanol–water partition coefficient (Wildman–Crippen LogP) is -0.779. The lowest BCUT2D eigenvalue weighted by Crippen LogP contribution is -3.12. The largest absolute Gasteiger partial charge is 1.00 e. The van der Waals surface area contributed by atoms with Crippen molar-refractivity contribution < 1.29 is 31.8 Å². The number of nitrogens with one attached hydrogen (secondary N) is 2. The van der Waals surface area contributed by atoms with Crippen LogP contribution in [0.1, 0.15) is 35.3 Å². The molecule has 0 aliphatic rings. The summed E-state index contributed by atoms with van der Waals surface area (Å²) in [6.07, 6.45) is 0. The van der Waals surface area contributed by atoms with E-state index in [1.807, 2.05) is 32.0 Å². The van der Waals surface area contributed by atoms with E-state index in [2.05, 4.69) is 19.2 Å². The highest BCUT2D eigenvalue weighted by Crippen LogP contribution is 2.19. The maximum atomic E-state index is 13.1. The van der Waals surface area contributed by atoms with Crippen molar-refractivity contribution in [2.45, 2.75) is 27.7 Å². The van der Waals surface area contributed by atoms with Crippen molar-refractivity contribution in [3.8, 4) is 0 Å². The number of rotatable bonds is 10. The van der Waals surface area contributed by atoms with E-state index in [0.29, 0.717) is 18.7 Å². The van der Waals surface area contributed by atoms with E-state index in [1.165, 1.54) is 34.1 Å². The van der Waals surface area contributed by atoms with Gasteiger partial charge in [0, 0.05) is 23.4 Å². The molecule has 8 nitrogen and oxygen atoms in total. The van der Waals surface area contributed by atoms with Gasteiger partial charge in [-0.25, -0.2) is 0 Å². The number of aryl methyl sites for hydroxylation is 2. The molecule has 32 heavy (non-hydrogen) atoms. The smallest absolute Gasteiger partial charge is 0.269 e. The molecule has 0 aliphatic carbocycles. The molecule has 0 bridgehead atoms. The van der Waals surface area contributed by atoms with Gasteiger partial charge in [0.05, 0.1) is 31.1 Å². The molecule has 0 heterocycles. The molecule has 2 N–H and O–H groups in total. The Labute approximate surface area is 195 Å². The second-order valence-corrected chi connectivity index (χ2v) is 7.55. The van der Waals surface area contributed by atoms with Gasteiger partial charge in [-0.2, -0.15) is 0 Å². The van der Waals surface area contributed by atoms with Crippen LogP contribution >= 0.6 is 0 Å². The Bertz CT molecular complexity index is 910. The SMILES string of the molecule is CC[NH+](CC)CCN(CC(=O)Nc1c(C)cccc1C)C(=O)c1ccc([N+](=O)[O-])cc1.[Cl-]. The summed E-state index contributed by atoms with van der Waals surface area (Å²) in [6.45, 7) is 10.9. The number of carbonyl (C=O) groups excluding carboxylic acids is 2. The van der Waals surface area contributed by atoms with E-state index >= 15 is 0 Å². The number of para-hydroxylation sites is 1. The standard InChI is InChI=1S/C23H30N4O4.ClH/c1-5-25(6-2)14-15-26(23(29)19-10-12-20(13-11-19)27(30)31)16-21(28)24-22-17(3)8-7-9-18(22)4;/h7-13H,5-6,14-16H2,1-4H3,(H,24,28);1H. The normalized spacial score (nSPS) is 10.4. The van der Waals surface area contributed by atoms with Gasteiger partial charge in [0.2, 0.25) is 5.91 Å². The van der Waals surface area contributed by atoms with Gasteiger partial charge in [0.25, 0.3) is 11.6 Å².